The van der Waals surface area contributed by atoms with E-state index < -0.39 is 10.0 Å². The average Bonchev–Trinajstić information content (AvgIpc) is 2.82. The minimum Gasteiger partial charge on any atom is -0.370 e. The van der Waals surface area contributed by atoms with Crippen molar-refractivity contribution in [2.45, 2.75) is 25.3 Å². The summed E-state index contributed by atoms with van der Waals surface area (Å²) in [6.45, 7) is 4.53. The largest absolute Gasteiger partial charge is 0.370 e. The lowest BCUT2D eigenvalue weighted by molar-refractivity contribution is -0.139. The van der Waals surface area contributed by atoms with Crippen LogP contribution in [0.25, 0.3) is 0 Å². The number of ether oxygens (including phenoxy) is 1. The van der Waals surface area contributed by atoms with E-state index in [2.05, 4.69) is 26.7 Å². The molecule has 0 spiro atoms. The van der Waals surface area contributed by atoms with E-state index in [1.54, 1.807) is 24.3 Å². The fraction of sp³-hybridized carbons (Fsp3) is 0.417. The second kappa shape index (κ2) is 10.4. The predicted molar refractivity (Wildman–Crippen MR) is 123 cm³/mol. The molecule has 172 valence electrons. The van der Waals surface area contributed by atoms with E-state index in [4.69, 9.17) is 15.3 Å². The van der Waals surface area contributed by atoms with Crippen LogP contribution >= 0.6 is 0 Å². The summed E-state index contributed by atoms with van der Waals surface area (Å²) in [4.78, 5) is 4.55. The van der Waals surface area contributed by atoms with Crippen molar-refractivity contribution in [3.8, 4) is 12.1 Å². The lowest BCUT2D eigenvalue weighted by Gasteiger charge is -2.45. The van der Waals surface area contributed by atoms with Crippen LogP contribution in [0.4, 0.5) is 0 Å². The Labute approximate surface area is 195 Å². The standard InChI is InChI=1S/C24H27N5O3S/c25-11-19-1-5-21(6-2-19)13-27-33(30,31)10-9-28-15-23-17-29(18-24(16-28)32-23)14-22-7-3-20(12-26)4-8-22/h1-8,23-24,27H,9-10,13-18H2. The average molecular weight is 466 g/mol. The summed E-state index contributed by atoms with van der Waals surface area (Å²) in [5.41, 5.74) is 3.20. The first kappa shape index (κ1) is 23.4. The smallest absolute Gasteiger partial charge is 0.213 e. The van der Waals surface area contributed by atoms with Crippen LogP contribution in [0.1, 0.15) is 22.3 Å². The van der Waals surface area contributed by atoms with E-state index in [-0.39, 0.29) is 24.5 Å². The summed E-state index contributed by atoms with van der Waals surface area (Å²) in [7, 11) is -3.41. The molecule has 8 nitrogen and oxygen atoms in total. The molecule has 9 heteroatoms. The fourth-order valence-corrected chi connectivity index (χ4v) is 5.36. The molecule has 0 radical (unpaired) electrons. The molecule has 0 amide bonds. The molecule has 2 saturated heterocycles. The van der Waals surface area contributed by atoms with Crippen LogP contribution < -0.4 is 4.72 Å². The third-order valence-electron chi connectivity index (χ3n) is 5.98. The third kappa shape index (κ3) is 6.61. The van der Waals surface area contributed by atoms with Gasteiger partial charge in [-0.05, 0) is 35.4 Å². The van der Waals surface area contributed by atoms with Gasteiger partial charge in [-0.25, -0.2) is 13.1 Å². The van der Waals surface area contributed by atoms with Gasteiger partial charge >= 0.3 is 0 Å². The monoisotopic (exact) mass is 465 g/mol. The summed E-state index contributed by atoms with van der Waals surface area (Å²) in [6.07, 6.45) is 0.121. The topological polar surface area (TPSA) is 109 Å². The van der Waals surface area contributed by atoms with Crippen molar-refractivity contribution in [1.82, 2.24) is 14.5 Å². The van der Waals surface area contributed by atoms with Gasteiger partial charge in [0.1, 0.15) is 0 Å². The van der Waals surface area contributed by atoms with Crippen LogP contribution in [-0.2, 0) is 27.8 Å². The molecule has 0 aliphatic carbocycles. The van der Waals surface area contributed by atoms with Crippen molar-refractivity contribution in [2.75, 3.05) is 38.5 Å². The Morgan fingerprint density at radius 3 is 1.91 bits per heavy atom. The van der Waals surface area contributed by atoms with Gasteiger partial charge in [-0.1, -0.05) is 24.3 Å². The molecule has 0 aromatic heterocycles. The molecular weight excluding hydrogens is 438 g/mol. The first-order valence-corrected chi connectivity index (χ1v) is 12.6. The Balaban J connectivity index is 1.23. The van der Waals surface area contributed by atoms with Crippen molar-refractivity contribution >= 4 is 10.0 Å². The molecule has 1 N–H and O–H groups in total. The van der Waals surface area contributed by atoms with Crippen LogP contribution in [0.2, 0.25) is 0 Å². The SMILES string of the molecule is N#Cc1ccc(CNS(=O)(=O)CCN2CC3CN(Cc4ccc(C#N)cc4)CC(C2)O3)cc1. The Morgan fingerprint density at radius 2 is 1.36 bits per heavy atom. The van der Waals surface area contributed by atoms with Crippen molar-refractivity contribution in [3.05, 3.63) is 70.8 Å². The molecular formula is C24H27N5O3S. The van der Waals surface area contributed by atoms with Crippen molar-refractivity contribution in [2.24, 2.45) is 0 Å². The van der Waals surface area contributed by atoms with Gasteiger partial charge in [0.25, 0.3) is 0 Å². The second-order valence-corrected chi connectivity index (χ2v) is 10.5. The van der Waals surface area contributed by atoms with Gasteiger partial charge in [-0.15, -0.1) is 0 Å². The first-order valence-electron chi connectivity index (χ1n) is 11.0. The zero-order valence-corrected chi connectivity index (χ0v) is 19.2. The Hall–Kier alpha value is -2.79. The molecule has 0 saturated carbocycles. The molecule has 2 unspecified atom stereocenters. The summed E-state index contributed by atoms with van der Waals surface area (Å²) in [5, 5.41) is 17.8. The minimum absolute atomic E-state index is 0.0394. The van der Waals surface area contributed by atoms with Gasteiger partial charge in [0.05, 0.1) is 41.2 Å². The number of benzene rings is 2. The maximum absolute atomic E-state index is 12.5. The predicted octanol–water partition coefficient (Wildman–Crippen LogP) is 1.43. The van der Waals surface area contributed by atoms with Crippen LogP contribution in [-0.4, -0.2) is 68.9 Å². The zero-order chi connectivity index (χ0) is 23.3. The van der Waals surface area contributed by atoms with E-state index in [1.165, 1.54) is 5.56 Å². The molecule has 4 rings (SSSR count). The molecule has 2 bridgehead atoms. The fourth-order valence-electron chi connectivity index (χ4n) is 4.33. The Kier molecular flexibility index (Phi) is 7.39. The van der Waals surface area contributed by atoms with Gasteiger partial charge in [0, 0.05) is 45.8 Å². The third-order valence-corrected chi connectivity index (χ3v) is 7.28. The number of nitrogens with zero attached hydrogens (tertiary/aromatic N) is 4. The summed E-state index contributed by atoms with van der Waals surface area (Å²) in [5.74, 6) is 0.0394. The van der Waals surface area contributed by atoms with E-state index in [0.29, 0.717) is 30.8 Å². The van der Waals surface area contributed by atoms with Gasteiger partial charge < -0.3 is 4.74 Å². The lowest BCUT2D eigenvalue weighted by Crippen LogP contribution is -2.59. The summed E-state index contributed by atoms with van der Waals surface area (Å²) in [6, 6.07) is 18.7. The maximum atomic E-state index is 12.5. The van der Waals surface area contributed by atoms with Crippen molar-refractivity contribution in [3.63, 3.8) is 0 Å². The van der Waals surface area contributed by atoms with E-state index >= 15 is 0 Å². The number of rotatable bonds is 8. The van der Waals surface area contributed by atoms with Gasteiger partial charge in [0.15, 0.2) is 0 Å². The normalized spacial score (nSPS) is 21.3. The quantitative estimate of drug-likeness (QED) is 0.628. The Morgan fingerprint density at radius 1 is 0.848 bits per heavy atom. The molecule has 33 heavy (non-hydrogen) atoms. The Bertz CT molecular complexity index is 1120. The van der Waals surface area contributed by atoms with Gasteiger partial charge in [-0.3, -0.25) is 9.80 Å². The van der Waals surface area contributed by atoms with E-state index in [9.17, 15) is 8.42 Å². The number of morpholine rings is 2. The van der Waals surface area contributed by atoms with Crippen molar-refractivity contribution < 1.29 is 13.2 Å². The summed E-state index contributed by atoms with van der Waals surface area (Å²) < 4.78 is 33.7. The molecule has 2 aliphatic heterocycles. The molecule has 2 aromatic carbocycles. The number of fused-ring (bicyclic) bond motifs is 2. The van der Waals surface area contributed by atoms with Gasteiger partial charge in [-0.2, -0.15) is 10.5 Å². The number of nitrogens with one attached hydrogen (secondary N) is 1. The maximum Gasteiger partial charge on any atom is 0.213 e. The highest BCUT2D eigenvalue weighted by atomic mass is 32.2. The minimum atomic E-state index is -3.41. The number of hydrogen-bond acceptors (Lipinski definition) is 7. The molecule has 2 aromatic rings. The second-order valence-electron chi connectivity index (χ2n) is 8.59. The number of sulfonamides is 1. The zero-order valence-electron chi connectivity index (χ0n) is 18.4. The van der Waals surface area contributed by atoms with E-state index in [1.807, 2.05) is 24.3 Å². The highest BCUT2D eigenvalue weighted by Crippen LogP contribution is 2.21. The number of nitriles is 2. The molecule has 2 atom stereocenters. The first-order chi connectivity index (χ1) is 15.9. The highest BCUT2D eigenvalue weighted by molar-refractivity contribution is 7.89. The van der Waals surface area contributed by atoms with Gasteiger partial charge in [0.2, 0.25) is 10.0 Å². The van der Waals surface area contributed by atoms with Crippen LogP contribution in [0, 0.1) is 22.7 Å². The van der Waals surface area contributed by atoms with Crippen molar-refractivity contribution in [1.29, 1.82) is 10.5 Å². The van der Waals surface area contributed by atoms with Crippen LogP contribution in [0.3, 0.4) is 0 Å². The van der Waals surface area contributed by atoms with Crippen LogP contribution in [0.5, 0.6) is 0 Å². The molecule has 2 aliphatic rings. The lowest BCUT2D eigenvalue weighted by atomic mass is 10.1. The molecule has 2 fully saturated rings. The summed E-state index contributed by atoms with van der Waals surface area (Å²) >= 11 is 0. The highest BCUT2D eigenvalue weighted by Gasteiger charge is 2.35. The molecule has 2 heterocycles. The number of hydrogen-bond donors (Lipinski definition) is 1. The van der Waals surface area contributed by atoms with E-state index in [0.717, 1.165) is 25.2 Å². The van der Waals surface area contributed by atoms with Crippen LogP contribution in [0.15, 0.2) is 48.5 Å².